The fourth-order valence-electron chi connectivity index (χ4n) is 2.04. The molecule has 2 aromatic rings. The third-order valence-corrected chi connectivity index (χ3v) is 3.17. The number of anilines is 1. The van der Waals surface area contributed by atoms with Crippen molar-refractivity contribution in [1.29, 1.82) is 0 Å². The van der Waals surface area contributed by atoms with Gasteiger partial charge in [0.15, 0.2) is 6.61 Å². The molecular weight excluding hydrogens is 355 g/mol. The van der Waals surface area contributed by atoms with Crippen molar-refractivity contribution in [3.8, 4) is 5.75 Å². The van der Waals surface area contributed by atoms with Crippen LogP contribution in [0.3, 0.4) is 0 Å². The van der Waals surface area contributed by atoms with Gasteiger partial charge in [-0.2, -0.15) is 0 Å². The second kappa shape index (κ2) is 9.33. The number of urea groups is 1. The summed E-state index contributed by atoms with van der Waals surface area (Å²) in [6.45, 7) is 3.10. The SMILES string of the molecule is CC(C)Oc1ccc(C(=O)OCC(=O)NC(=O)Nc2ccccc2F)cc1. The highest BCUT2D eigenvalue weighted by Crippen LogP contribution is 2.14. The van der Waals surface area contributed by atoms with Crippen LogP contribution in [0.25, 0.3) is 0 Å². The summed E-state index contributed by atoms with van der Waals surface area (Å²) in [4.78, 5) is 35.2. The van der Waals surface area contributed by atoms with E-state index in [0.717, 1.165) is 6.07 Å². The van der Waals surface area contributed by atoms with E-state index in [1.807, 2.05) is 19.2 Å². The van der Waals surface area contributed by atoms with E-state index in [4.69, 9.17) is 9.47 Å². The van der Waals surface area contributed by atoms with Crippen molar-refractivity contribution in [3.05, 3.63) is 59.9 Å². The average molecular weight is 374 g/mol. The van der Waals surface area contributed by atoms with Crippen LogP contribution in [0, 0.1) is 5.82 Å². The molecule has 2 rings (SSSR count). The van der Waals surface area contributed by atoms with Gasteiger partial charge in [-0.3, -0.25) is 10.1 Å². The Labute approximate surface area is 155 Å². The lowest BCUT2D eigenvalue weighted by atomic mass is 10.2. The summed E-state index contributed by atoms with van der Waals surface area (Å²) >= 11 is 0. The molecule has 0 fully saturated rings. The van der Waals surface area contributed by atoms with Gasteiger partial charge in [0.2, 0.25) is 0 Å². The molecule has 2 N–H and O–H groups in total. The molecule has 0 unspecified atom stereocenters. The van der Waals surface area contributed by atoms with Crippen molar-refractivity contribution in [2.45, 2.75) is 20.0 Å². The third-order valence-electron chi connectivity index (χ3n) is 3.17. The Morgan fingerprint density at radius 2 is 1.70 bits per heavy atom. The monoisotopic (exact) mass is 374 g/mol. The number of ether oxygens (including phenoxy) is 2. The van der Waals surface area contributed by atoms with Crippen LogP contribution in [-0.2, 0) is 9.53 Å². The van der Waals surface area contributed by atoms with Crippen molar-refractivity contribution in [1.82, 2.24) is 5.32 Å². The second-order valence-corrected chi connectivity index (χ2v) is 5.75. The Morgan fingerprint density at radius 1 is 1.04 bits per heavy atom. The van der Waals surface area contributed by atoms with E-state index < -0.39 is 30.3 Å². The lowest BCUT2D eigenvalue weighted by Crippen LogP contribution is -2.37. The molecule has 0 atom stereocenters. The standard InChI is InChI=1S/C19H19FN2O5/c1-12(2)27-14-9-7-13(8-10-14)18(24)26-11-17(23)22-19(25)21-16-6-4-3-5-15(16)20/h3-10,12H,11H2,1-2H3,(H2,21,22,23,25). The maximum absolute atomic E-state index is 13.4. The topological polar surface area (TPSA) is 93.7 Å². The van der Waals surface area contributed by atoms with Gasteiger partial charge in [-0.15, -0.1) is 0 Å². The number of benzene rings is 2. The Morgan fingerprint density at radius 3 is 2.33 bits per heavy atom. The lowest BCUT2D eigenvalue weighted by Gasteiger charge is -2.10. The smallest absolute Gasteiger partial charge is 0.338 e. The molecule has 0 saturated carbocycles. The van der Waals surface area contributed by atoms with Crippen molar-refractivity contribution in [2.75, 3.05) is 11.9 Å². The minimum Gasteiger partial charge on any atom is -0.491 e. The Bertz CT molecular complexity index is 821. The molecule has 0 aliphatic rings. The van der Waals surface area contributed by atoms with Crippen LogP contribution in [0.5, 0.6) is 5.75 Å². The molecule has 0 heterocycles. The van der Waals surface area contributed by atoms with E-state index in [1.165, 1.54) is 30.3 Å². The highest BCUT2D eigenvalue weighted by molar-refractivity contribution is 6.02. The van der Waals surface area contributed by atoms with Crippen LogP contribution in [0.1, 0.15) is 24.2 Å². The molecule has 7 nitrogen and oxygen atoms in total. The number of carbonyl (C=O) groups excluding carboxylic acids is 3. The number of carbonyl (C=O) groups is 3. The first-order valence-corrected chi connectivity index (χ1v) is 8.14. The van der Waals surface area contributed by atoms with E-state index in [1.54, 1.807) is 12.1 Å². The number of halogens is 1. The first-order chi connectivity index (χ1) is 12.8. The average Bonchev–Trinajstić information content (AvgIpc) is 2.61. The number of imide groups is 1. The minimum atomic E-state index is -0.934. The van der Waals surface area contributed by atoms with Gasteiger partial charge in [0, 0.05) is 0 Å². The number of esters is 1. The molecular formula is C19H19FN2O5. The van der Waals surface area contributed by atoms with Gasteiger partial charge >= 0.3 is 12.0 Å². The molecule has 27 heavy (non-hydrogen) atoms. The molecule has 0 aromatic heterocycles. The molecule has 142 valence electrons. The molecule has 0 spiro atoms. The fraction of sp³-hybridized carbons (Fsp3) is 0.211. The quantitative estimate of drug-likeness (QED) is 0.758. The lowest BCUT2D eigenvalue weighted by molar-refractivity contribution is -0.123. The van der Waals surface area contributed by atoms with Crippen molar-refractivity contribution < 1.29 is 28.2 Å². The van der Waals surface area contributed by atoms with Crippen molar-refractivity contribution >= 4 is 23.6 Å². The summed E-state index contributed by atoms with van der Waals surface area (Å²) in [6, 6.07) is 10.8. The molecule has 0 radical (unpaired) electrons. The summed E-state index contributed by atoms with van der Waals surface area (Å²) in [6.07, 6.45) is 0.00186. The van der Waals surface area contributed by atoms with E-state index in [-0.39, 0.29) is 17.4 Å². The predicted molar refractivity (Wildman–Crippen MR) is 96.0 cm³/mol. The van der Waals surface area contributed by atoms with Crippen molar-refractivity contribution in [2.24, 2.45) is 0 Å². The Kier molecular flexibility index (Phi) is 6.87. The van der Waals surface area contributed by atoms with Gasteiger partial charge < -0.3 is 14.8 Å². The minimum absolute atomic E-state index is 0.00186. The number of amides is 3. The molecule has 3 amide bonds. The molecule has 0 saturated heterocycles. The zero-order valence-electron chi connectivity index (χ0n) is 14.8. The maximum atomic E-state index is 13.4. The van der Waals surface area contributed by atoms with Gasteiger partial charge in [-0.05, 0) is 50.2 Å². The van der Waals surface area contributed by atoms with Gasteiger partial charge in [-0.1, -0.05) is 12.1 Å². The highest BCUT2D eigenvalue weighted by atomic mass is 19.1. The van der Waals surface area contributed by atoms with Crippen LogP contribution in [0.4, 0.5) is 14.9 Å². The summed E-state index contributed by atoms with van der Waals surface area (Å²) in [5.74, 6) is -1.62. The zero-order chi connectivity index (χ0) is 19.8. The number of hydrogen-bond acceptors (Lipinski definition) is 5. The molecule has 0 aliphatic heterocycles. The summed E-state index contributed by atoms with van der Waals surface area (Å²) in [5, 5.41) is 4.12. The summed E-state index contributed by atoms with van der Waals surface area (Å²) in [7, 11) is 0. The van der Waals surface area contributed by atoms with Gasteiger partial charge in [0.25, 0.3) is 5.91 Å². The molecule has 0 aliphatic carbocycles. The highest BCUT2D eigenvalue weighted by Gasteiger charge is 2.14. The van der Waals surface area contributed by atoms with Crippen LogP contribution in [0.15, 0.2) is 48.5 Å². The van der Waals surface area contributed by atoms with Crippen LogP contribution in [0.2, 0.25) is 0 Å². The number of rotatable bonds is 6. The van der Waals surface area contributed by atoms with Gasteiger partial charge in [0.05, 0.1) is 17.4 Å². The molecule has 2 aromatic carbocycles. The van der Waals surface area contributed by atoms with Crippen LogP contribution >= 0.6 is 0 Å². The Hall–Kier alpha value is -3.42. The largest absolute Gasteiger partial charge is 0.491 e. The van der Waals surface area contributed by atoms with E-state index in [0.29, 0.717) is 5.75 Å². The Balaban J connectivity index is 1.80. The van der Waals surface area contributed by atoms with Gasteiger partial charge in [0.1, 0.15) is 11.6 Å². The zero-order valence-corrected chi connectivity index (χ0v) is 14.8. The number of para-hydroxylation sites is 1. The van der Waals surface area contributed by atoms with Gasteiger partial charge in [-0.25, -0.2) is 14.0 Å². The summed E-state index contributed by atoms with van der Waals surface area (Å²) in [5.41, 5.74) is 0.151. The van der Waals surface area contributed by atoms with Crippen LogP contribution in [-0.4, -0.2) is 30.6 Å². The molecule has 0 bridgehead atoms. The third kappa shape index (κ3) is 6.43. The normalized spacial score (nSPS) is 10.2. The van der Waals surface area contributed by atoms with Crippen LogP contribution < -0.4 is 15.4 Å². The van der Waals surface area contributed by atoms with Crippen molar-refractivity contribution in [3.63, 3.8) is 0 Å². The number of nitrogens with one attached hydrogen (secondary N) is 2. The van der Waals surface area contributed by atoms with E-state index >= 15 is 0 Å². The first kappa shape index (κ1) is 19.9. The fourth-order valence-corrected chi connectivity index (χ4v) is 2.04. The maximum Gasteiger partial charge on any atom is 0.338 e. The van der Waals surface area contributed by atoms with E-state index in [9.17, 15) is 18.8 Å². The molecule has 8 heteroatoms. The summed E-state index contributed by atoms with van der Waals surface area (Å²) < 4.78 is 23.7. The second-order valence-electron chi connectivity index (χ2n) is 5.75. The predicted octanol–water partition coefficient (Wildman–Crippen LogP) is 3.12. The first-order valence-electron chi connectivity index (χ1n) is 8.14. The number of hydrogen-bond donors (Lipinski definition) is 2. The van der Waals surface area contributed by atoms with E-state index in [2.05, 4.69) is 5.32 Å².